The van der Waals surface area contributed by atoms with Crippen LogP contribution in [0.4, 0.5) is 0 Å². The van der Waals surface area contributed by atoms with E-state index in [4.69, 9.17) is 5.53 Å². The van der Waals surface area contributed by atoms with Crippen LogP contribution < -0.4 is 0 Å². The van der Waals surface area contributed by atoms with Crippen molar-refractivity contribution in [2.24, 2.45) is 12.2 Å². The molecule has 0 aliphatic heterocycles. The molecule has 0 spiro atoms. The zero-order valence-electron chi connectivity index (χ0n) is 8.54. The fourth-order valence-corrected chi connectivity index (χ4v) is 1.24. The molecule has 1 aromatic heterocycles. The molecule has 7 heteroatoms. The van der Waals surface area contributed by atoms with Crippen LogP contribution in [-0.4, -0.2) is 29.4 Å². The minimum atomic E-state index is -0.431. The largest absolute Gasteiger partial charge is 0.465 e. The Kier molecular flexibility index (Phi) is 3.70. The predicted octanol–water partition coefficient (Wildman–Crippen LogP) is 1.06. The number of carbonyl (C=O) groups is 1. The molecule has 80 valence electrons. The van der Waals surface area contributed by atoms with Crippen molar-refractivity contribution in [2.45, 2.75) is 6.42 Å². The average molecular weight is 209 g/mol. The molecular formula is C8H11N5O2. The summed E-state index contributed by atoms with van der Waals surface area (Å²) in [6.45, 7) is 0.292. The molecule has 1 rings (SSSR count). The van der Waals surface area contributed by atoms with Crippen LogP contribution in [0.1, 0.15) is 16.1 Å². The molecule has 0 aliphatic rings. The van der Waals surface area contributed by atoms with Crippen LogP contribution in [0.3, 0.4) is 0 Å². The van der Waals surface area contributed by atoms with Gasteiger partial charge in [0.15, 0.2) is 0 Å². The number of carbonyl (C=O) groups excluding carboxylic acids is 1. The molecule has 1 heterocycles. The van der Waals surface area contributed by atoms with Crippen molar-refractivity contribution < 1.29 is 9.53 Å². The van der Waals surface area contributed by atoms with Gasteiger partial charge in [-0.15, -0.1) is 0 Å². The van der Waals surface area contributed by atoms with Gasteiger partial charge in [0, 0.05) is 18.5 Å². The van der Waals surface area contributed by atoms with Gasteiger partial charge in [0.1, 0.15) is 5.56 Å². The van der Waals surface area contributed by atoms with E-state index in [0.717, 1.165) is 0 Å². The van der Waals surface area contributed by atoms with E-state index < -0.39 is 5.97 Å². The lowest BCUT2D eigenvalue weighted by atomic mass is 10.2. The molecule has 0 fully saturated rings. The maximum atomic E-state index is 11.3. The molecule has 0 saturated carbocycles. The molecule has 0 unspecified atom stereocenters. The SMILES string of the molecule is COC(=O)c1cnn(C)c1CCN=[N+]=[N-]. The number of nitrogens with zero attached hydrogens (tertiary/aromatic N) is 5. The zero-order valence-corrected chi connectivity index (χ0v) is 8.54. The van der Waals surface area contributed by atoms with Gasteiger partial charge in [-0.2, -0.15) is 5.10 Å². The van der Waals surface area contributed by atoms with E-state index in [-0.39, 0.29) is 0 Å². The maximum Gasteiger partial charge on any atom is 0.341 e. The highest BCUT2D eigenvalue weighted by Gasteiger charge is 2.15. The van der Waals surface area contributed by atoms with Crippen LogP contribution >= 0.6 is 0 Å². The summed E-state index contributed by atoms with van der Waals surface area (Å²) in [5, 5.41) is 7.35. The fourth-order valence-electron chi connectivity index (χ4n) is 1.24. The van der Waals surface area contributed by atoms with Crippen molar-refractivity contribution in [3.63, 3.8) is 0 Å². The monoisotopic (exact) mass is 209 g/mol. The van der Waals surface area contributed by atoms with Crippen LogP contribution in [0.5, 0.6) is 0 Å². The Hall–Kier alpha value is -2.01. The van der Waals surface area contributed by atoms with Gasteiger partial charge in [0.2, 0.25) is 0 Å². The van der Waals surface area contributed by atoms with E-state index in [1.807, 2.05) is 0 Å². The molecule has 0 aliphatic carbocycles. The highest BCUT2D eigenvalue weighted by molar-refractivity contribution is 5.90. The lowest BCUT2D eigenvalue weighted by Gasteiger charge is -2.02. The van der Waals surface area contributed by atoms with Gasteiger partial charge in [-0.05, 0) is 12.0 Å². The Labute approximate surface area is 86.3 Å². The number of methoxy groups -OCH3 is 1. The number of hydrogen-bond acceptors (Lipinski definition) is 4. The molecule has 0 atom stereocenters. The van der Waals surface area contributed by atoms with Crippen LogP contribution in [0.2, 0.25) is 0 Å². The first-order valence-corrected chi connectivity index (χ1v) is 4.30. The Bertz CT molecular complexity index is 405. The second kappa shape index (κ2) is 5.02. The van der Waals surface area contributed by atoms with E-state index in [0.29, 0.717) is 24.2 Å². The topological polar surface area (TPSA) is 92.9 Å². The van der Waals surface area contributed by atoms with Gasteiger partial charge >= 0.3 is 5.97 Å². The van der Waals surface area contributed by atoms with Crippen LogP contribution in [0.25, 0.3) is 10.4 Å². The highest BCUT2D eigenvalue weighted by atomic mass is 16.5. The van der Waals surface area contributed by atoms with E-state index in [1.165, 1.54) is 13.3 Å². The van der Waals surface area contributed by atoms with Crippen LogP contribution in [0.15, 0.2) is 11.3 Å². The number of ether oxygens (including phenoxy) is 1. The molecule has 0 N–H and O–H groups in total. The number of esters is 1. The summed E-state index contributed by atoms with van der Waals surface area (Å²) in [6, 6.07) is 0. The standard InChI is InChI=1S/C8H11N5O2/c1-13-7(3-4-10-12-9)6(5-11-13)8(14)15-2/h5H,3-4H2,1-2H3. The summed E-state index contributed by atoms with van der Waals surface area (Å²) in [6.07, 6.45) is 1.91. The van der Waals surface area contributed by atoms with Crippen LogP contribution in [0, 0.1) is 0 Å². The Morgan fingerprint density at radius 2 is 2.53 bits per heavy atom. The van der Waals surface area contributed by atoms with Crippen molar-refractivity contribution in [3.8, 4) is 0 Å². The summed E-state index contributed by atoms with van der Waals surface area (Å²) in [4.78, 5) is 13.9. The minimum Gasteiger partial charge on any atom is -0.465 e. The van der Waals surface area contributed by atoms with E-state index in [2.05, 4.69) is 19.9 Å². The minimum absolute atomic E-state index is 0.292. The smallest absolute Gasteiger partial charge is 0.341 e. The third-order valence-electron chi connectivity index (χ3n) is 1.98. The first kappa shape index (κ1) is 11.1. The average Bonchev–Trinajstić information content (AvgIpc) is 2.60. The van der Waals surface area contributed by atoms with Crippen molar-refractivity contribution in [2.75, 3.05) is 13.7 Å². The van der Waals surface area contributed by atoms with Crippen LogP contribution in [-0.2, 0) is 18.2 Å². The molecule has 0 bridgehead atoms. The van der Waals surface area contributed by atoms with Gasteiger partial charge in [0.05, 0.1) is 19.0 Å². The number of rotatable bonds is 4. The summed E-state index contributed by atoms with van der Waals surface area (Å²) in [5.41, 5.74) is 9.25. The predicted molar refractivity (Wildman–Crippen MR) is 52.3 cm³/mol. The van der Waals surface area contributed by atoms with E-state index in [1.54, 1.807) is 11.7 Å². The van der Waals surface area contributed by atoms with Gasteiger partial charge < -0.3 is 4.74 Å². The molecule has 0 amide bonds. The molecule has 7 nitrogen and oxygen atoms in total. The fraction of sp³-hybridized carbons (Fsp3) is 0.500. The third-order valence-corrected chi connectivity index (χ3v) is 1.98. The van der Waals surface area contributed by atoms with E-state index in [9.17, 15) is 4.79 Å². The molecule has 1 aromatic rings. The summed E-state index contributed by atoms with van der Waals surface area (Å²) in [7, 11) is 3.03. The highest BCUT2D eigenvalue weighted by Crippen LogP contribution is 2.09. The molecular weight excluding hydrogens is 198 g/mol. The lowest BCUT2D eigenvalue weighted by molar-refractivity contribution is 0.0599. The van der Waals surface area contributed by atoms with Crippen molar-refractivity contribution in [1.29, 1.82) is 0 Å². The first-order chi connectivity index (χ1) is 7.20. The number of aryl methyl sites for hydroxylation is 1. The first-order valence-electron chi connectivity index (χ1n) is 4.30. The van der Waals surface area contributed by atoms with E-state index >= 15 is 0 Å². The second-order valence-corrected chi connectivity index (χ2v) is 2.82. The Balaban J connectivity index is 2.88. The quantitative estimate of drug-likeness (QED) is 0.321. The lowest BCUT2D eigenvalue weighted by Crippen LogP contribution is -2.08. The number of hydrogen-bond donors (Lipinski definition) is 0. The Morgan fingerprint density at radius 1 is 1.80 bits per heavy atom. The maximum absolute atomic E-state index is 11.3. The number of azide groups is 1. The molecule has 0 aromatic carbocycles. The molecule has 0 radical (unpaired) electrons. The Morgan fingerprint density at radius 3 is 3.13 bits per heavy atom. The third kappa shape index (κ3) is 2.47. The summed E-state index contributed by atoms with van der Waals surface area (Å²) in [5.74, 6) is -0.431. The van der Waals surface area contributed by atoms with Crippen molar-refractivity contribution in [1.82, 2.24) is 9.78 Å². The molecule has 15 heavy (non-hydrogen) atoms. The number of aromatic nitrogens is 2. The van der Waals surface area contributed by atoms with Crippen molar-refractivity contribution in [3.05, 3.63) is 27.9 Å². The van der Waals surface area contributed by atoms with Gasteiger partial charge in [-0.3, -0.25) is 4.68 Å². The van der Waals surface area contributed by atoms with Gasteiger partial charge in [0.25, 0.3) is 0 Å². The zero-order chi connectivity index (χ0) is 11.3. The van der Waals surface area contributed by atoms with Crippen molar-refractivity contribution >= 4 is 5.97 Å². The van der Waals surface area contributed by atoms with Gasteiger partial charge in [-0.25, -0.2) is 4.79 Å². The molecule has 0 saturated heterocycles. The summed E-state index contributed by atoms with van der Waals surface area (Å²) < 4.78 is 6.17. The normalized spacial score (nSPS) is 9.47. The summed E-state index contributed by atoms with van der Waals surface area (Å²) >= 11 is 0. The second-order valence-electron chi connectivity index (χ2n) is 2.82. The van der Waals surface area contributed by atoms with Gasteiger partial charge in [-0.1, -0.05) is 5.11 Å².